The van der Waals surface area contributed by atoms with Crippen LogP contribution in [0.25, 0.3) is 11.3 Å². The second kappa shape index (κ2) is 10.4. The highest BCUT2D eigenvalue weighted by Crippen LogP contribution is 2.24. The molecule has 1 aliphatic rings. The summed E-state index contributed by atoms with van der Waals surface area (Å²) in [6.45, 7) is 3.64. The van der Waals surface area contributed by atoms with E-state index in [1.165, 1.54) is 17.7 Å². The summed E-state index contributed by atoms with van der Waals surface area (Å²) in [5.74, 6) is 0.738. The molecule has 1 amide bonds. The number of aryl methyl sites for hydroxylation is 1. The first-order valence-electron chi connectivity index (χ1n) is 11.3. The lowest BCUT2D eigenvalue weighted by Gasteiger charge is -2.32. The van der Waals surface area contributed by atoms with Crippen molar-refractivity contribution >= 4 is 11.7 Å². The van der Waals surface area contributed by atoms with E-state index in [1.54, 1.807) is 12.1 Å². The molecule has 2 heterocycles. The molecular formula is C26H29FN4O. The average Bonchev–Trinajstić information content (AvgIpc) is 2.84. The Labute approximate surface area is 188 Å². The number of anilines is 1. The number of carbonyl (C=O) groups is 1. The third-order valence-electron chi connectivity index (χ3n) is 6.08. The van der Waals surface area contributed by atoms with Gasteiger partial charge in [0.15, 0.2) is 5.82 Å². The normalized spacial score (nSPS) is 15.4. The molecule has 1 atom stereocenters. The van der Waals surface area contributed by atoms with Crippen LogP contribution in [-0.4, -0.2) is 35.2 Å². The highest BCUT2D eigenvalue weighted by atomic mass is 19.1. The van der Waals surface area contributed by atoms with E-state index in [0.717, 1.165) is 50.2 Å². The standard InChI is InChI=1S/C26H29FN4O/c1-19(7-8-20-5-3-2-4-6-20)28-26(32)22-15-17-31(18-16-22)25-14-13-24(29-30-25)21-9-11-23(27)12-10-21/h2-6,9-14,19,22H,7-8,15-18H2,1H3,(H,28,32)/t19-/m1/s1. The van der Waals surface area contributed by atoms with Crippen LogP contribution in [0.3, 0.4) is 0 Å². The molecule has 1 saturated heterocycles. The zero-order valence-corrected chi connectivity index (χ0v) is 18.4. The van der Waals surface area contributed by atoms with E-state index >= 15 is 0 Å². The number of amides is 1. The molecule has 2 aromatic carbocycles. The molecule has 0 saturated carbocycles. The molecular weight excluding hydrogens is 403 g/mol. The Kier molecular flexibility index (Phi) is 7.10. The first-order chi connectivity index (χ1) is 15.6. The second-order valence-corrected chi connectivity index (χ2v) is 8.48. The van der Waals surface area contributed by atoms with Gasteiger partial charge in [0.2, 0.25) is 5.91 Å². The molecule has 0 bridgehead atoms. The molecule has 1 fully saturated rings. The van der Waals surface area contributed by atoms with Crippen molar-refractivity contribution in [3.05, 3.63) is 78.1 Å². The van der Waals surface area contributed by atoms with E-state index < -0.39 is 0 Å². The number of aromatic nitrogens is 2. The monoisotopic (exact) mass is 432 g/mol. The third kappa shape index (κ3) is 5.69. The Bertz CT molecular complexity index is 1000. The number of hydrogen-bond donors (Lipinski definition) is 1. The number of rotatable bonds is 7. The van der Waals surface area contributed by atoms with E-state index in [4.69, 9.17) is 0 Å². The minimum atomic E-state index is -0.268. The van der Waals surface area contributed by atoms with Crippen molar-refractivity contribution in [1.82, 2.24) is 15.5 Å². The molecule has 166 valence electrons. The number of benzene rings is 2. The molecule has 1 N–H and O–H groups in total. The first-order valence-corrected chi connectivity index (χ1v) is 11.3. The van der Waals surface area contributed by atoms with E-state index in [9.17, 15) is 9.18 Å². The van der Waals surface area contributed by atoms with Crippen molar-refractivity contribution in [2.75, 3.05) is 18.0 Å². The molecule has 0 unspecified atom stereocenters. The number of piperidine rings is 1. The van der Waals surface area contributed by atoms with Crippen molar-refractivity contribution in [2.45, 2.75) is 38.6 Å². The van der Waals surface area contributed by atoms with Crippen molar-refractivity contribution in [1.29, 1.82) is 0 Å². The van der Waals surface area contributed by atoms with Gasteiger partial charge in [-0.3, -0.25) is 4.79 Å². The van der Waals surface area contributed by atoms with Crippen molar-refractivity contribution in [3.63, 3.8) is 0 Å². The summed E-state index contributed by atoms with van der Waals surface area (Å²) >= 11 is 0. The summed E-state index contributed by atoms with van der Waals surface area (Å²) in [6, 6.07) is 20.6. The highest BCUT2D eigenvalue weighted by Gasteiger charge is 2.26. The summed E-state index contributed by atoms with van der Waals surface area (Å²) in [4.78, 5) is 14.9. The van der Waals surface area contributed by atoms with Crippen LogP contribution in [0.2, 0.25) is 0 Å². The number of nitrogens with one attached hydrogen (secondary N) is 1. The lowest BCUT2D eigenvalue weighted by Crippen LogP contribution is -2.43. The fraction of sp³-hybridized carbons (Fsp3) is 0.346. The van der Waals surface area contributed by atoms with E-state index in [1.807, 2.05) is 30.3 Å². The molecule has 1 aromatic heterocycles. The molecule has 5 nitrogen and oxygen atoms in total. The smallest absolute Gasteiger partial charge is 0.223 e. The Morgan fingerprint density at radius 3 is 2.41 bits per heavy atom. The number of carbonyl (C=O) groups excluding carboxylic acids is 1. The SMILES string of the molecule is C[C@H](CCc1ccccc1)NC(=O)C1CCN(c2ccc(-c3ccc(F)cc3)nn2)CC1. The van der Waals surface area contributed by atoms with Gasteiger partial charge in [0.25, 0.3) is 0 Å². The maximum Gasteiger partial charge on any atom is 0.223 e. The maximum atomic E-state index is 13.1. The predicted octanol–water partition coefficient (Wildman–Crippen LogP) is 4.64. The summed E-state index contributed by atoms with van der Waals surface area (Å²) in [7, 11) is 0. The van der Waals surface area contributed by atoms with Crippen LogP contribution in [0, 0.1) is 11.7 Å². The lowest BCUT2D eigenvalue weighted by molar-refractivity contribution is -0.126. The van der Waals surface area contributed by atoms with Crippen molar-refractivity contribution in [2.24, 2.45) is 5.92 Å². The van der Waals surface area contributed by atoms with Crippen LogP contribution in [0.1, 0.15) is 31.7 Å². The summed E-state index contributed by atoms with van der Waals surface area (Å²) < 4.78 is 13.1. The van der Waals surface area contributed by atoms with Gasteiger partial charge in [-0.15, -0.1) is 10.2 Å². The quantitative estimate of drug-likeness (QED) is 0.591. The van der Waals surface area contributed by atoms with Gasteiger partial charge in [-0.1, -0.05) is 30.3 Å². The van der Waals surface area contributed by atoms with Gasteiger partial charge in [-0.25, -0.2) is 4.39 Å². The van der Waals surface area contributed by atoms with Crippen LogP contribution in [0.15, 0.2) is 66.7 Å². The number of nitrogens with zero attached hydrogens (tertiary/aromatic N) is 3. The summed E-state index contributed by atoms with van der Waals surface area (Å²) in [5.41, 5.74) is 2.85. The van der Waals surface area contributed by atoms with Crippen molar-refractivity contribution in [3.8, 4) is 11.3 Å². The fourth-order valence-electron chi connectivity index (χ4n) is 4.10. The Hall–Kier alpha value is -3.28. The number of halogens is 1. The van der Waals surface area contributed by atoms with Gasteiger partial charge in [0.1, 0.15) is 5.82 Å². The highest BCUT2D eigenvalue weighted by molar-refractivity contribution is 5.79. The second-order valence-electron chi connectivity index (χ2n) is 8.48. The van der Waals surface area contributed by atoms with Crippen LogP contribution in [0.5, 0.6) is 0 Å². The van der Waals surface area contributed by atoms with Crippen LogP contribution in [-0.2, 0) is 11.2 Å². The largest absolute Gasteiger partial charge is 0.355 e. The maximum absolute atomic E-state index is 13.1. The molecule has 0 aliphatic carbocycles. The minimum Gasteiger partial charge on any atom is -0.355 e. The molecule has 32 heavy (non-hydrogen) atoms. The predicted molar refractivity (Wildman–Crippen MR) is 125 cm³/mol. The lowest BCUT2D eigenvalue weighted by atomic mass is 9.95. The van der Waals surface area contributed by atoms with Gasteiger partial charge in [0.05, 0.1) is 5.69 Å². The third-order valence-corrected chi connectivity index (χ3v) is 6.08. The van der Waals surface area contributed by atoms with Gasteiger partial charge < -0.3 is 10.2 Å². The van der Waals surface area contributed by atoms with Gasteiger partial charge >= 0.3 is 0 Å². The molecule has 0 radical (unpaired) electrons. The average molecular weight is 433 g/mol. The Morgan fingerprint density at radius 1 is 1.03 bits per heavy atom. The molecule has 3 aromatic rings. The van der Waals surface area contributed by atoms with E-state index in [0.29, 0.717) is 5.69 Å². The van der Waals surface area contributed by atoms with Gasteiger partial charge in [0, 0.05) is 30.6 Å². The van der Waals surface area contributed by atoms with E-state index in [2.05, 4.69) is 39.5 Å². The van der Waals surface area contributed by atoms with Crippen molar-refractivity contribution < 1.29 is 9.18 Å². The number of hydrogen-bond acceptors (Lipinski definition) is 4. The molecule has 6 heteroatoms. The fourth-order valence-corrected chi connectivity index (χ4v) is 4.10. The van der Waals surface area contributed by atoms with Crippen LogP contribution < -0.4 is 10.2 Å². The first kappa shape index (κ1) is 21.9. The topological polar surface area (TPSA) is 58.1 Å². The zero-order valence-electron chi connectivity index (χ0n) is 18.4. The zero-order chi connectivity index (χ0) is 22.3. The molecule has 0 spiro atoms. The molecule has 1 aliphatic heterocycles. The van der Waals surface area contributed by atoms with E-state index in [-0.39, 0.29) is 23.7 Å². The van der Waals surface area contributed by atoms with Crippen LogP contribution >= 0.6 is 0 Å². The Morgan fingerprint density at radius 2 is 1.75 bits per heavy atom. The van der Waals surface area contributed by atoms with Crippen LogP contribution in [0.4, 0.5) is 10.2 Å². The summed E-state index contributed by atoms with van der Waals surface area (Å²) in [5, 5.41) is 11.8. The Balaban J connectivity index is 1.24. The molecule has 4 rings (SSSR count). The minimum absolute atomic E-state index is 0.0388. The van der Waals surface area contributed by atoms with Gasteiger partial charge in [-0.05, 0) is 74.6 Å². The summed E-state index contributed by atoms with van der Waals surface area (Å²) in [6.07, 6.45) is 3.51. The van der Waals surface area contributed by atoms with Gasteiger partial charge in [-0.2, -0.15) is 0 Å².